The molecule has 0 aliphatic heterocycles. The first-order valence-electron chi connectivity index (χ1n) is 6.81. The van der Waals surface area contributed by atoms with Gasteiger partial charge in [-0.05, 0) is 25.5 Å². The summed E-state index contributed by atoms with van der Waals surface area (Å²) in [6, 6.07) is 9.50. The third-order valence-corrected chi connectivity index (χ3v) is 3.85. The van der Waals surface area contributed by atoms with E-state index in [2.05, 4.69) is 11.5 Å². The van der Waals surface area contributed by atoms with Crippen LogP contribution in [-0.2, 0) is 6.54 Å². The number of carbonyl (C=O) groups excluding carboxylic acids is 1. The first kappa shape index (κ1) is 14.7. The van der Waals surface area contributed by atoms with Crippen molar-refractivity contribution in [2.24, 2.45) is 5.73 Å². The molecule has 0 spiro atoms. The molecular weight excluding hydrogens is 272 g/mol. The number of aromatic nitrogens is 1. The van der Waals surface area contributed by atoms with Gasteiger partial charge in [0, 0.05) is 22.8 Å². The number of halogens is 1. The van der Waals surface area contributed by atoms with Crippen LogP contribution in [0.5, 0.6) is 0 Å². The van der Waals surface area contributed by atoms with Gasteiger partial charge in [-0.2, -0.15) is 0 Å². The molecule has 0 aliphatic carbocycles. The lowest BCUT2D eigenvalue weighted by molar-refractivity contribution is 0.0999. The number of carbonyl (C=O) groups is 1. The minimum Gasteiger partial charge on any atom is -0.366 e. The van der Waals surface area contributed by atoms with E-state index in [1.165, 1.54) is 0 Å². The summed E-state index contributed by atoms with van der Waals surface area (Å²) in [5, 5.41) is 0.679. The van der Waals surface area contributed by atoms with E-state index in [0.29, 0.717) is 10.6 Å². The molecular formula is C16H19ClN2O. The molecule has 3 nitrogen and oxygen atoms in total. The number of hydrogen-bond donors (Lipinski definition) is 1. The molecule has 0 saturated carbocycles. The zero-order valence-electron chi connectivity index (χ0n) is 11.8. The number of hydrogen-bond acceptors (Lipinski definition) is 1. The molecule has 0 aliphatic rings. The summed E-state index contributed by atoms with van der Waals surface area (Å²) in [6.07, 6.45) is 2.14. The number of unbranched alkanes of at least 4 members (excludes halogenated alkanes) is 1. The highest BCUT2D eigenvalue weighted by atomic mass is 35.5. The number of nitrogens with two attached hydrogens (primary N) is 1. The number of primary amides is 1. The lowest BCUT2D eigenvalue weighted by Gasteiger charge is -2.12. The van der Waals surface area contributed by atoms with Crippen LogP contribution in [0.3, 0.4) is 0 Å². The fourth-order valence-electron chi connectivity index (χ4n) is 2.39. The maximum atomic E-state index is 11.6. The molecule has 2 aromatic rings. The van der Waals surface area contributed by atoms with Crippen molar-refractivity contribution < 1.29 is 4.79 Å². The summed E-state index contributed by atoms with van der Waals surface area (Å²) in [5.74, 6) is -0.397. The van der Waals surface area contributed by atoms with Crippen LogP contribution in [0.25, 0.3) is 11.3 Å². The summed E-state index contributed by atoms with van der Waals surface area (Å²) in [4.78, 5) is 11.6. The fraction of sp³-hybridized carbons (Fsp3) is 0.312. The molecule has 0 saturated heterocycles. The predicted octanol–water partition coefficient (Wildman–Crippen LogP) is 4.02. The minimum absolute atomic E-state index is 0.397. The molecule has 1 amide bonds. The molecule has 0 atom stereocenters. The molecule has 0 radical (unpaired) electrons. The largest absolute Gasteiger partial charge is 0.366 e. The topological polar surface area (TPSA) is 48.0 Å². The average molecular weight is 291 g/mol. The molecule has 0 unspecified atom stereocenters. The number of amides is 1. The van der Waals surface area contributed by atoms with Gasteiger partial charge in [0.2, 0.25) is 0 Å². The lowest BCUT2D eigenvalue weighted by atomic mass is 10.1. The van der Waals surface area contributed by atoms with E-state index in [1.807, 2.05) is 37.3 Å². The van der Waals surface area contributed by atoms with Gasteiger partial charge in [0.05, 0.1) is 11.3 Å². The van der Waals surface area contributed by atoms with Gasteiger partial charge in [0.25, 0.3) is 5.91 Å². The Bertz CT molecular complexity index is 631. The summed E-state index contributed by atoms with van der Waals surface area (Å²) in [5.41, 5.74) is 8.81. The standard InChI is InChI=1S/C16H19ClN2O/c1-3-4-9-19-11(2)13(16(18)20)10-15(19)12-7-5-6-8-14(12)17/h5-8,10H,3-4,9H2,1-2H3,(H2,18,20). The highest BCUT2D eigenvalue weighted by Gasteiger charge is 2.17. The second-order valence-corrected chi connectivity index (χ2v) is 5.29. The number of nitrogens with zero attached hydrogens (tertiary/aromatic N) is 1. The Balaban J connectivity index is 2.59. The molecule has 0 bridgehead atoms. The highest BCUT2D eigenvalue weighted by Crippen LogP contribution is 2.31. The fourth-order valence-corrected chi connectivity index (χ4v) is 2.62. The summed E-state index contributed by atoms with van der Waals surface area (Å²) < 4.78 is 2.13. The molecule has 106 valence electrons. The van der Waals surface area contributed by atoms with Crippen LogP contribution in [0.15, 0.2) is 30.3 Å². The SMILES string of the molecule is CCCCn1c(-c2ccccc2Cl)cc(C(N)=O)c1C. The first-order valence-corrected chi connectivity index (χ1v) is 7.18. The quantitative estimate of drug-likeness (QED) is 0.888. The van der Waals surface area contributed by atoms with Crippen molar-refractivity contribution in [2.45, 2.75) is 33.2 Å². The molecule has 2 N–H and O–H groups in total. The normalized spacial score (nSPS) is 10.8. The Kier molecular flexibility index (Phi) is 4.50. The van der Waals surface area contributed by atoms with Gasteiger partial charge in [-0.25, -0.2) is 0 Å². The van der Waals surface area contributed by atoms with Gasteiger partial charge in [-0.1, -0.05) is 43.1 Å². The summed E-state index contributed by atoms with van der Waals surface area (Å²) in [7, 11) is 0. The monoisotopic (exact) mass is 290 g/mol. The van der Waals surface area contributed by atoms with Gasteiger partial charge < -0.3 is 10.3 Å². The van der Waals surface area contributed by atoms with Crippen molar-refractivity contribution in [3.63, 3.8) is 0 Å². The van der Waals surface area contributed by atoms with Crippen LogP contribution >= 0.6 is 11.6 Å². The van der Waals surface area contributed by atoms with Crippen molar-refractivity contribution in [1.29, 1.82) is 0 Å². The smallest absolute Gasteiger partial charge is 0.250 e. The minimum atomic E-state index is -0.397. The van der Waals surface area contributed by atoms with Crippen molar-refractivity contribution in [3.8, 4) is 11.3 Å². The van der Waals surface area contributed by atoms with Gasteiger partial charge in [0.1, 0.15) is 0 Å². The van der Waals surface area contributed by atoms with Crippen LogP contribution in [0.4, 0.5) is 0 Å². The van der Waals surface area contributed by atoms with E-state index in [0.717, 1.165) is 36.3 Å². The van der Waals surface area contributed by atoms with Crippen molar-refractivity contribution >= 4 is 17.5 Å². The predicted molar refractivity (Wildman–Crippen MR) is 83.0 cm³/mol. The van der Waals surface area contributed by atoms with Crippen molar-refractivity contribution in [3.05, 3.63) is 46.6 Å². The first-order chi connectivity index (χ1) is 9.56. The second kappa shape index (κ2) is 6.14. The molecule has 1 aromatic carbocycles. The van der Waals surface area contributed by atoms with Crippen LogP contribution in [-0.4, -0.2) is 10.5 Å². The third kappa shape index (κ3) is 2.73. The van der Waals surface area contributed by atoms with E-state index in [-0.39, 0.29) is 0 Å². The maximum Gasteiger partial charge on any atom is 0.250 e. The van der Waals surface area contributed by atoms with Gasteiger partial charge in [0.15, 0.2) is 0 Å². The van der Waals surface area contributed by atoms with Crippen LogP contribution < -0.4 is 5.73 Å². The lowest BCUT2D eigenvalue weighted by Crippen LogP contribution is -2.12. The molecule has 20 heavy (non-hydrogen) atoms. The van der Waals surface area contributed by atoms with E-state index >= 15 is 0 Å². The number of benzene rings is 1. The Labute approximate surface area is 124 Å². The highest BCUT2D eigenvalue weighted by molar-refractivity contribution is 6.33. The van der Waals surface area contributed by atoms with Gasteiger partial charge in [-0.3, -0.25) is 4.79 Å². The Morgan fingerprint density at radius 1 is 1.35 bits per heavy atom. The average Bonchev–Trinajstić information content (AvgIpc) is 2.74. The van der Waals surface area contributed by atoms with E-state index in [9.17, 15) is 4.79 Å². The van der Waals surface area contributed by atoms with E-state index in [1.54, 1.807) is 0 Å². The Morgan fingerprint density at radius 3 is 2.65 bits per heavy atom. The second-order valence-electron chi connectivity index (χ2n) is 4.88. The Hall–Kier alpha value is -1.74. The molecule has 2 rings (SSSR count). The third-order valence-electron chi connectivity index (χ3n) is 3.52. The zero-order valence-corrected chi connectivity index (χ0v) is 12.6. The molecule has 4 heteroatoms. The van der Waals surface area contributed by atoms with Crippen LogP contribution in [0, 0.1) is 6.92 Å². The van der Waals surface area contributed by atoms with Crippen molar-refractivity contribution in [2.75, 3.05) is 0 Å². The molecule has 1 heterocycles. The van der Waals surface area contributed by atoms with Crippen LogP contribution in [0.1, 0.15) is 35.8 Å². The Morgan fingerprint density at radius 2 is 2.05 bits per heavy atom. The van der Waals surface area contributed by atoms with E-state index in [4.69, 9.17) is 17.3 Å². The molecule has 0 fully saturated rings. The van der Waals surface area contributed by atoms with Gasteiger partial charge in [-0.15, -0.1) is 0 Å². The molecule has 1 aromatic heterocycles. The van der Waals surface area contributed by atoms with Crippen molar-refractivity contribution in [1.82, 2.24) is 4.57 Å². The summed E-state index contributed by atoms with van der Waals surface area (Å²) >= 11 is 6.28. The summed E-state index contributed by atoms with van der Waals surface area (Å²) in [6.45, 7) is 4.93. The maximum absolute atomic E-state index is 11.6. The van der Waals surface area contributed by atoms with Gasteiger partial charge >= 0.3 is 0 Å². The number of rotatable bonds is 5. The van der Waals surface area contributed by atoms with Crippen LogP contribution in [0.2, 0.25) is 5.02 Å². The van der Waals surface area contributed by atoms with E-state index < -0.39 is 5.91 Å². The zero-order chi connectivity index (χ0) is 14.7.